The number of nitrogens with zero attached hydrogens (tertiary/aromatic N) is 1. The fraction of sp³-hybridized carbons (Fsp3) is 0.667. The van der Waals surface area contributed by atoms with Crippen molar-refractivity contribution >= 4 is 12.0 Å². The van der Waals surface area contributed by atoms with Crippen molar-refractivity contribution in [3.8, 4) is 12.3 Å². The highest BCUT2D eigenvalue weighted by atomic mass is 16.4. The minimum absolute atomic E-state index is 0.175. The van der Waals surface area contributed by atoms with Crippen LogP contribution in [0.1, 0.15) is 27.2 Å². The Morgan fingerprint density at radius 1 is 1.47 bits per heavy atom. The van der Waals surface area contributed by atoms with Crippen LogP contribution in [0.25, 0.3) is 0 Å². The van der Waals surface area contributed by atoms with Gasteiger partial charge in [-0.1, -0.05) is 26.7 Å². The number of rotatable bonds is 6. The Balaban J connectivity index is 4.56. The van der Waals surface area contributed by atoms with Crippen molar-refractivity contribution in [1.82, 2.24) is 10.2 Å². The first-order chi connectivity index (χ1) is 7.93. The number of carbonyl (C=O) groups excluding carboxylic acids is 1. The molecule has 5 heteroatoms. The van der Waals surface area contributed by atoms with Gasteiger partial charge in [-0.25, -0.2) is 9.59 Å². The van der Waals surface area contributed by atoms with Crippen molar-refractivity contribution < 1.29 is 14.7 Å². The van der Waals surface area contributed by atoms with Gasteiger partial charge in [-0.05, 0) is 12.3 Å². The molecule has 0 saturated carbocycles. The van der Waals surface area contributed by atoms with Gasteiger partial charge >= 0.3 is 12.0 Å². The Labute approximate surface area is 102 Å². The standard InChI is InChI=1S/C12H20N2O3/c1-5-7-14(8-6-2)12(17)13-10(9(3)4)11(15)16/h1,9-10H,6-8H2,2-4H3,(H,13,17)(H,15,16)/t10-/m1/s1. The zero-order valence-electron chi connectivity index (χ0n) is 10.6. The van der Waals surface area contributed by atoms with Gasteiger partial charge in [0, 0.05) is 6.54 Å². The minimum atomic E-state index is -1.04. The zero-order chi connectivity index (χ0) is 13.4. The van der Waals surface area contributed by atoms with Gasteiger partial charge in [0.2, 0.25) is 0 Å². The van der Waals surface area contributed by atoms with Crippen LogP contribution in [-0.2, 0) is 4.79 Å². The molecule has 1 atom stereocenters. The Kier molecular flexibility index (Phi) is 6.80. The van der Waals surface area contributed by atoms with Crippen LogP contribution in [0.3, 0.4) is 0 Å². The summed E-state index contributed by atoms with van der Waals surface area (Å²) < 4.78 is 0. The largest absolute Gasteiger partial charge is 0.480 e. The van der Waals surface area contributed by atoms with E-state index in [2.05, 4.69) is 11.2 Å². The predicted octanol–water partition coefficient (Wildman–Crippen LogP) is 1.15. The highest BCUT2D eigenvalue weighted by molar-refractivity contribution is 5.82. The number of terminal acetylenes is 1. The summed E-state index contributed by atoms with van der Waals surface area (Å²) >= 11 is 0. The van der Waals surface area contributed by atoms with Crippen molar-refractivity contribution in [2.75, 3.05) is 13.1 Å². The van der Waals surface area contributed by atoms with Gasteiger partial charge in [-0.3, -0.25) is 0 Å². The van der Waals surface area contributed by atoms with Gasteiger partial charge < -0.3 is 15.3 Å². The Morgan fingerprint density at radius 3 is 2.41 bits per heavy atom. The molecule has 2 amide bonds. The average molecular weight is 240 g/mol. The van der Waals surface area contributed by atoms with E-state index in [-0.39, 0.29) is 12.5 Å². The smallest absolute Gasteiger partial charge is 0.326 e. The number of amides is 2. The van der Waals surface area contributed by atoms with Crippen LogP contribution in [0, 0.1) is 18.3 Å². The number of carboxylic acids is 1. The third-order valence-electron chi connectivity index (χ3n) is 2.27. The molecule has 0 fully saturated rings. The predicted molar refractivity (Wildman–Crippen MR) is 65.5 cm³/mol. The fourth-order valence-corrected chi connectivity index (χ4v) is 1.37. The summed E-state index contributed by atoms with van der Waals surface area (Å²) in [7, 11) is 0. The van der Waals surface area contributed by atoms with E-state index in [1.807, 2.05) is 6.92 Å². The summed E-state index contributed by atoms with van der Waals surface area (Å²) in [6, 6.07) is -1.31. The summed E-state index contributed by atoms with van der Waals surface area (Å²) in [6.07, 6.45) is 5.93. The molecule has 96 valence electrons. The molecule has 0 heterocycles. The summed E-state index contributed by atoms with van der Waals surface area (Å²) in [4.78, 5) is 24.2. The molecule has 17 heavy (non-hydrogen) atoms. The highest BCUT2D eigenvalue weighted by Crippen LogP contribution is 2.03. The third-order valence-corrected chi connectivity index (χ3v) is 2.27. The summed E-state index contributed by atoms with van der Waals surface area (Å²) in [5.74, 6) is 1.17. The lowest BCUT2D eigenvalue weighted by Gasteiger charge is -2.24. The monoisotopic (exact) mass is 240 g/mol. The van der Waals surface area contributed by atoms with Gasteiger partial charge in [0.15, 0.2) is 0 Å². The molecule has 0 spiro atoms. The molecule has 0 aromatic carbocycles. The molecule has 0 saturated heterocycles. The Morgan fingerprint density at radius 2 is 2.06 bits per heavy atom. The molecule has 0 radical (unpaired) electrons. The Bertz CT molecular complexity index is 307. The first-order valence-electron chi connectivity index (χ1n) is 5.65. The molecule has 5 nitrogen and oxygen atoms in total. The van der Waals surface area contributed by atoms with Gasteiger partial charge in [0.05, 0.1) is 6.54 Å². The molecule has 0 aliphatic carbocycles. The SMILES string of the molecule is C#CCN(CCC)C(=O)N[C@@H](C(=O)O)C(C)C. The van der Waals surface area contributed by atoms with Gasteiger partial charge in [0.25, 0.3) is 0 Å². The zero-order valence-corrected chi connectivity index (χ0v) is 10.6. The van der Waals surface area contributed by atoms with E-state index in [1.54, 1.807) is 13.8 Å². The number of hydrogen-bond acceptors (Lipinski definition) is 2. The van der Waals surface area contributed by atoms with Crippen LogP contribution in [0.5, 0.6) is 0 Å². The van der Waals surface area contributed by atoms with Gasteiger partial charge in [0.1, 0.15) is 6.04 Å². The molecule has 0 aliphatic rings. The second-order valence-electron chi connectivity index (χ2n) is 4.14. The summed E-state index contributed by atoms with van der Waals surface area (Å²) in [5.41, 5.74) is 0. The van der Waals surface area contributed by atoms with Crippen molar-refractivity contribution in [1.29, 1.82) is 0 Å². The lowest BCUT2D eigenvalue weighted by Crippen LogP contribution is -2.50. The van der Waals surface area contributed by atoms with Crippen LogP contribution in [0.15, 0.2) is 0 Å². The number of nitrogens with one attached hydrogen (secondary N) is 1. The van der Waals surface area contributed by atoms with E-state index in [0.29, 0.717) is 6.54 Å². The second-order valence-corrected chi connectivity index (χ2v) is 4.14. The summed E-state index contributed by atoms with van der Waals surface area (Å²) in [6.45, 7) is 6.10. The normalized spacial score (nSPS) is 11.7. The Hall–Kier alpha value is -1.70. The molecular weight excluding hydrogens is 220 g/mol. The van der Waals surface area contributed by atoms with E-state index < -0.39 is 18.0 Å². The quantitative estimate of drug-likeness (QED) is 0.684. The highest BCUT2D eigenvalue weighted by Gasteiger charge is 2.25. The first-order valence-corrected chi connectivity index (χ1v) is 5.65. The van der Waals surface area contributed by atoms with Crippen molar-refractivity contribution in [2.24, 2.45) is 5.92 Å². The maximum Gasteiger partial charge on any atom is 0.326 e. The molecule has 0 aromatic heterocycles. The van der Waals surface area contributed by atoms with Crippen LogP contribution < -0.4 is 5.32 Å². The number of hydrogen-bond donors (Lipinski definition) is 2. The molecular formula is C12H20N2O3. The number of carboxylic acid groups (broad SMARTS) is 1. The number of carbonyl (C=O) groups is 2. The van der Waals surface area contributed by atoms with E-state index in [4.69, 9.17) is 11.5 Å². The molecule has 0 aliphatic heterocycles. The van der Waals surface area contributed by atoms with Crippen LogP contribution in [0.4, 0.5) is 4.79 Å². The van der Waals surface area contributed by atoms with Crippen molar-refractivity contribution in [3.05, 3.63) is 0 Å². The van der Waals surface area contributed by atoms with E-state index in [0.717, 1.165) is 6.42 Å². The summed E-state index contributed by atoms with van der Waals surface area (Å²) in [5, 5.41) is 11.4. The van der Waals surface area contributed by atoms with E-state index >= 15 is 0 Å². The van der Waals surface area contributed by atoms with Crippen LogP contribution in [-0.4, -0.2) is 41.1 Å². The third kappa shape index (κ3) is 5.25. The molecule has 0 unspecified atom stereocenters. The topological polar surface area (TPSA) is 69.6 Å². The van der Waals surface area contributed by atoms with Crippen LogP contribution >= 0.6 is 0 Å². The number of aliphatic carboxylic acids is 1. The maximum atomic E-state index is 11.8. The second kappa shape index (κ2) is 7.55. The lowest BCUT2D eigenvalue weighted by atomic mass is 10.1. The maximum absolute atomic E-state index is 11.8. The van der Waals surface area contributed by atoms with Gasteiger partial charge in [-0.15, -0.1) is 6.42 Å². The average Bonchev–Trinajstić information content (AvgIpc) is 2.24. The van der Waals surface area contributed by atoms with E-state index in [9.17, 15) is 9.59 Å². The first kappa shape index (κ1) is 15.3. The molecule has 2 N–H and O–H groups in total. The van der Waals surface area contributed by atoms with E-state index in [1.165, 1.54) is 4.90 Å². The lowest BCUT2D eigenvalue weighted by molar-refractivity contribution is -0.140. The van der Waals surface area contributed by atoms with Crippen molar-refractivity contribution in [3.63, 3.8) is 0 Å². The number of urea groups is 1. The molecule has 0 rings (SSSR count). The van der Waals surface area contributed by atoms with Crippen molar-refractivity contribution in [2.45, 2.75) is 33.2 Å². The minimum Gasteiger partial charge on any atom is -0.480 e. The van der Waals surface area contributed by atoms with Gasteiger partial charge in [-0.2, -0.15) is 0 Å². The molecule has 0 bridgehead atoms. The van der Waals surface area contributed by atoms with Crippen LogP contribution in [0.2, 0.25) is 0 Å². The fourth-order valence-electron chi connectivity index (χ4n) is 1.37. The molecule has 0 aromatic rings.